The van der Waals surface area contributed by atoms with E-state index in [1.165, 1.54) is 0 Å². The van der Waals surface area contributed by atoms with Crippen molar-refractivity contribution >= 4 is 0 Å². The first kappa shape index (κ1) is 24.4. The summed E-state index contributed by atoms with van der Waals surface area (Å²) in [6.45, 7) is 10.4. The summed E-state index contributed by atoms with van der Waals surface area (Å²) in [5, 5.41) is 8.34. The van der Waals surface area contributed by atoms with Crippen LogP contribution >= 0.6 is 0 Å². The van der Waals surface area contributed by atoms with E-state index in [1.54, 1.807) is 0 Å². The molecule has 0 aliphatic carbocycles. The lowest BCUT2D eigenvalue weighted by Crippen LogP contribution is -2.45. The van der Waals surface area contributed by atoms with E-state index in [0.29, 0.717) is 19.0 Å². The maximum atomic E-state index is 6.24. The van der Waals surface area contributed by atoms with Gasteiger partial charge in [-0.1, -0.05) is 74.5 Å². The first-order chi connectivity index (χ1) is 17.5. The zero-order valence-corrected chi connectivity index (χ0v) is 21.5. The smallest absolute Gasteiger partial charge is 0.217 e. The van der Waals surface area contributed by atoms with Gasteiger partial charge in [-0.3, -0.25) is 10.00 Å². The highest BCUT2D eigenvalue weighted by Crippen LogP contribution is 2.35. The molecule has 7 heteroatoms. The van der Waals surface area contributed by atoms with Gasteiger partial charge in [-0.2, -0.15) is 5.10 Å². The van der Waals surface area contributed by atoms with Gasteiger partial charge < -0.3 is 14.5 Å². The summed E-state index contributed by atoms with van der Waals surface area (Å²) in [6, 6.07) is 22.6. The third-order valence-electron chi connectivity index (χ3n) is 6.71. The van der Waals surface area contributed by atoms with Gasteiger partial charge in [-0.25, -0.2) is 4.98 Å². The molecule has 2 aromatic carbocycles. The lowest BCUT2D eigenvalue weighted by Gasteiger charge is -2.37. The van der Waals surface area contributed by atoms with Crippen molar-refractivity contribution in [2.45, 2.75) is 46.6 Å². The zero-order chi connectivity index (χ0) is 25.1. The summed E-state index contributed by atoms with van der Waals surface area (Å²) in [5.74, 6) is 0.691. The van der Waals surface area contributed by atoms with E-state index in [4.69, 9.17) is 14.5 Å². The van der Waals surface area contributed by atoms with E-state index in [-0.39, 0.29) is 11.6 Å². The van der Waals surface area contributed by atoms with Crippen molar-refractivity contribution in [1.29, 1.82) is 0 Å². The van der Waals surface area contributed by atoms with Gasteiger partial charge in [0.2, 0.25) is 6.29 Å². The Morgan fingerprint density at radius 1 is 1.03 bits per heavy atom. The van der Waals surface area contributed by atoms with Crippen molar-refractivity contribution in [3.05, 3.63) is 83.9 Å². The highest BCUT2D eigenvalue weighted by atomic mass is 16.7. The van der Waals surface area contributed by atoms with E-state index >= 15 is 0 Å². The van der Waals surface area contributed by atoms with Crippen LogP contribution in [0.25, 0.3) is 22.5 Å². The number of ether oxygens (including phenoxy) is 2. The Labute approximate surface area is 212 Å². The normalized spacial score (nSPS) is 20.9. The molecule has 1 aliphatic heterocycles. The van der Waals surface area contributed by atoms with Gasteiger partial charge in [0.05, 0.1) is 30.3 Å². The molecular formula is C29H35N5O2. The first-order valence-corrected chi connectivity index (χ1v) is 12.7. The van der Waals surface area contributed by atoms with Crippen molar-refractivity contribution in [3.63, 3.8) is 0 Å². The molecule has 4 aromatic rings. The molecule has 5 rings (SSSR count). The number of aromatic amines is 1. The molecule has 0 radical (unpaired) electrons. The summed E-state index contributed by atoms with van der Waals surface area (Å²) in [6.07, 6.45) is 0.551. The molecule has 188 valence electrons. The Bertz CT molecular complexity index is 1220. The maximum absolute atomic E-state index is 6.24. The van der Waals surface area contributed by atoms with Crippen LogP contribution in [0.2, 0.25) is 0 Å². The predicted octanol–water partition coefficient (Wildman–Crippen LogP) is 5.81. The largest absolute Gasteiger partial charge is 0.345 e. The van der Waals surface area contributed by atoms with Crippen LogP contribution in [0.4, 0.5) is 0 Å². The second kappa shape index (κ2) is 10.4. The second-order valence-electron chi connectivity index (χ2n) is 10.0. The SMILES string of the molecule is CCC(NCC1(C)COC(c2nc(-c3ccccc3)c(-c3ccccc3)[nH]2)OC1)n1nc(C)cc1C. The van der Waals surface area contributed by atoms with Gasteiger partial charge in [0.15, 0.2) is 5.82 Å². The summed E-state index contributed by atoms with van der Waals surface area (Å²) in [5.41, 5.74) is 6.04. The van der Waals surface area contributed by atoms with E-state index in [2.05, 4.69) is 71.2 Å². The number of nitrogens with one attached hydrogen (secondary N) is 2. The quantitative estimate of drug-likeness (QED) is 0.329. The van der Waals surface area contributed by atoms with Crippen molar-refractivity contribution < 1.29 is 9.47 Å². The molecule has 2 aromatic heterocycles. The second-order valence-corrected chi connectivity index (χ2v) is 10.0. The van der Waals surface area contributed by atoms with Crippen LogP contribution in [0.5, 0.6) is 0 Å². The number of H-pyrrole nitrogens is 1. The highest BCUT2D eigenvalue weighted by molar-refractivity contribution is 5.78. The number of benzene rings is 2. The van der Waals surface area contributed by atoms with Crippen LogP contribution in [-0.2, 0) is 9.47 Å². The number of rotatable bonds is 8. The summed E-state index contributed by atoms with van der Waals surface area (Å²) in [7, 11) is 0. The number of hydrogen-bond donors (Lipinski definition) is 2. The minimum absolute atomic E-state index is 0.139. The van der Waals surface area contributed by atoms with Gasteiger partial charge >= 0.3 is 0 Å². The number of aryl methyl sites for hydroxylation is 2. The van der Waals surface area contributed by atoms with Crippen molar-refractivity contribution in [2.24, 2.45) is 5.41 Å². The first-order valence-electron chi connectivity index (χ1n) is 12.7. The Hall–Kier alpha value is -3.26. The molecule has 2 N–H and O–H groups in total. The van der Waals surface area contributed by atoms with E-state index in [1.807, 2.05) is 43.3 Å². The minimum atomic E-state index is -0.531. The van der Waals surface area contributed by atoms with Crippen molar-refractivity contribution in [3.8, 4) is 22.5 Å². The summed E-state index contributed by atoms with van der Waals surface area (Å²) >= 11 is 0. The molecular weight excluding hydrogens is 450 g/mol. The monoisotopic (exact) mass is 485 g/mol. The molecule has 0 saturated carbocycles. The number of imidazole rings is 1. The standard InChI is InChI=1S/C29H35N5O2/c1-5-24(34-21(3)16-20(2)33-34)30-17-29(4)18-35-28(36-19-29)27-31-25(22-12-8-6-9-13-22)26(32-27)23-14-10-7-11-15-23/h6-16,24,28,30H,5,17-19H2,1-4H3,(H,31,32). The molecule has 1 saturated heterocycles. The van der Waals surface area contributed by atoms with Crippen LogP contribution in [-0.4, -0.2) is 39.5 Å². The molecule has 3 heterocycles. The topological polar surface area (TPSA) is 77.0 Å². The molecule has 0 spiro atoms. The van der Waals surface area contributed by atoms with Crippen LogP contribution in [0.15, 0.2) is 66.7 Å². The van der Waals surface area contributed by atoms with E-state index in [9.17, 15) is 0 Å². The lowest BCUT2D eigenvalue weighted by molar-refractivity contribution is -0.232. The third-order valence-corrected chi connectivity index (χ3v) is 6.71. The average Bonchev–Trinajstić information content (AvgIpc) is 3.49. The minimum Gasteiger partial charge on any atom is -0.345 e. The van der Waals surface area contributed by atoms with Gasteiger partial charge in [0, 0.05) is 28.8 Å². The number of hydrogen-bond acceptors (Lipinski definition) is 5. The van der Waals surface area contributed by atoms with Crippen LogP contribution in [0.3, 0.4) is 0 Å². The lowest BCUT2D eigenvalue weighted by atomic mass is 9.92. The molecule has 1 fully saturated rings. The summed E-state index contributed by atoms with van der Waals surface area (Å²) in [4.78, 5) is 8.43. The molecule has 1 unspecified atom stereocenters. The molecule has 7 nitrogen and oxygen atoms in total. The fourth-order valence-corrected chi connectivity index (χ4v) is 4.75. The van der Waals surface area contributed by atoms with E-state index < -0.39 is 6.29 Å². The Morgan fingerprint density at radius 2 is 1.67 bits per heavy atom. The van der Waals surface area contributed by atoms with E-state index in [0.717, 1.165) is 46.9 Å². The zero-order valence-electron chi connectivity index (χ0n) is 21.5. The molecule has 1 atom stereocenters. The summed E-state index contributed by atoms with van der Waals surface area (Å²) < 4.78 is 14.6. The maximum Gasteiger partial charge on any atom is 0.217 e. The molecule has 1 aliphatic rings. The van der Waals surface area contributed by atoms with Crippen molar-refractivity contribution in [1.82, 2.24) is 25.1 Å². The Balaban J connectivity index is 1.29. The molecule has 0 amide bonds. The molecule has 0 bridgehead atoms. The van der Waals surface area contributed by atoms with Gasteiger partial charge in [-0.15, -0.1) is 0 Å². The van der Waals surface area contributed by atoms with Crippen LogP contribution < -0.4 is 5.32 Å². The number of aromatic nitrogens is 4. The van der Waals surface area contributed by atoms with Gasteiger partial charge in [0.1, 0.15) is 6.17 Å². The third kappa shape index (κ3) is 5.14. The average molecular weight is 486 g/mol. The molecule has 36 heavy (non-hydrogen) atoms. The van der Waals surface area contributed by atoms with Crippen molar-refractivity contribution in [2.75, 3.05) is 19.8 Å². The number of nitrogens with zero attached hydrogens (tertiary/aromatic N) is 3. The van der Waals surface area contributed by atoms with Crippen LogP contribution in [0.1, 0.15) is 49.9 Å². The fourth-order valence-electron chi connectivity index (χ4n) is 4.75. The highest BCUT2D eigenvalue weighted by Gasteiger charge is 2.35. The van der Waals surface area contributed by atoms with Crippen LogP contribution in [0, 0.1) is 19.3 Å². The predicted molar refractivity (Wildman–Crippen MR) is 141 cm³/mol. The van der Waals surface area contributed by atoms with Gasteiger partial charge in [-0.05, 0) is 26.3 Å². The Morgan fingerprint density at radius 3 is 2.25 bits per heavy atom. The Kier molecular flexibility index (Phi) is 7.05. The van der Waals surface area contributed by atoms with Gasteiger partial charge in [0.25, 0.3) is 0 Å². The fraction of sp³-hybridized carbons (Fsp3) is 0.379.